The van der Waals surface area contributed by atoms with Crippen LogP contribution in [0.4, 0.5) is 0 Å². The van der Waals surface area contributed by atoms with E-state index in [2.05, 4.69) is 32.3 Å². The Morgan fingerprint density at radius 1 is 0.771 bits per heavy atom. The van der Waals surface area contributed by atoms with Crippen LogP contribution in [0.25, 0.3) is 5.57 Å². The van der Waals surface area contributed by atoms with Gasteiger partial charge in [-0.15, -0.1) is 0 Å². The molecule has 0 bridgehead atoms. The number of ketones is 1. The van der Waals surface area contributed by atoms with E-state index in [-0.39, 0.29) is 5.78 Å². The quantitative estimate of drug-likeness (QED) is 0.339. The first-order valence-electron chi connectivity index (χ1n) is 13.3. The second kappa shape index (κ2) is 18.7. The van der Waals surface area contributed by atoms with Gasteiger partial charge in [-0.3, -0.25) is 9.69 Å². The minimum Gasteiger partial charge on any atom is -0.494 e. The highest BCUT2D eigenvalue weighted by atomic mass is 16.5. The highest BCUT2D eigenvalue weighted by molar-refractivity contribution is 5.94. The molecule has 0 radical (unpaired) electrons. The Kier molecular flexibility index (Phi) is 16.3. The molecule has 0 spiro atoms. The van der Waals surface area contributed by atoms with Crippen molar-refractivity contribution in [3.8, 4) is 11.5 Å². The van der Waals surface area contributed by atoms with E-state index in [0.717, 1.165) is 48.8 Å². The molecule has 0 amide bonds. The molecule has 35 heavy (non-hydrogen) atoms. The van der Waals surface area contributed by atoms with E-state index >= 15 is 0 Å². The molecule has 0 atom stereocenters. The first kappa shape index (κ1) is 30.4. The number of carbonyl (C=O) groups excluding carboxylic acids is 1. The third-order valence-corrected chi connectivity index (χ3v) is 5.46. The maximum atomic E-state index is 11.2. The van der Waals surface area contributed by atoms with Crippen molar-refractivity contribution in [2.45, 2.75) is 73.1 Å². The van der Waals surface area contributed by atoms with Gasteiger partial charge in [-0.05, 0) is 88.2 Å². The molecule has 4 nitrogen and oxygen atoms in total. The van der Waals surface area contributed by atoms with E-state index < -0.39 is 0 Å². The molecule has 4 heteroatoms. The topological polar surface area (TPSA) is 38.8 Å². The number of benzene rings is 2. The van der Waals surface area contributed by atoms with Crippen molar-refractivity contribution in [1.82, 2.24) is 4.90 Å². The summed E-state index contributed by atoms with van der Waals surface area (Å²) in [4.78, 5) is 13.6. The van der Waals surface area contributed by atoms with Gasteiger partial charge in [0.2, 0.25) is 0 Å². The molecule has 0 saturated carbocycles. The van der Waals surface area contributed by atoms with Gasteiger partial charge in [0.25, 0.3) is 0 Å². The van der Waals surface area contributed by atoms with E-state index in [1.54, 1.807) is 6.92 Å². The van der Waals surface area contributed by atoms with Crippen LogP contribution in [0.2, 0.25) is 0 Å². The van der Waals surface area contributed by atoms with Gasteiger partial charge in [-0.1, -0.05) is 64.3 Å². The van der Waals surface area contributed by atoms with Crippen molar-refractivity contribution in [2.24, 2.45) is 0 Å². The largest absolute Gasteiger partial charge is 0.494 e. The summed E-state index contributed by atoms with van der Waals surface area (Å²) in [6, 6.07) is 15.4. The maximum Gasteiger partial charge on any atom is 0.159 e. The summed E-state index contributed by atoms with van der Waals surface area (Å²) >= 11 is 0. The van der Waals surface area contributed by atoms with Gasteiger partial charge in [-0.25, -0.2) is 0 Å². The smallest absolute Gasteiger partial charge is 0.159 e. The lowest BCUT2D eigenvalue weighted by molar-refractivity contribution is 0.101. The third kappa shape index (κ3) is 13.8. The average molecular weight is 482 g/mol. The summed E-state index contributed by atoms with van der Waals surface area (Å²) in [7, 11) is 0. The second-order valence-corrected chi connectivity index (χ2v) is 9.05. The van der Waals surface area contributed by atoms with Gasteiger partial charge in [0.1, 0.15) is 18.1 Å². The Morgan fingerprint density at radius 2 is 1.23 bits per heavy atom. The van der Waals surface area contributed by atoms with Crippen LogP contribution in [0.1, 0.15) is 89.1 Å². The Bertz CT molecular complexity index is 819. The monoisotopic (exact) mass is 481 g/mol. The molecule has 1 heterocycles. The number of rotatable bonds is 9. The lowest BCUT2D eigenvalue weighted by Crippen LogP contribution is -2.29. The van der Waals surface area contributed by atoms with Crippen LogP contribution >= 0.6 is 0 Å². The fraction of sp³-hybridized carbons (Fsp3) is 0.516. The van der Waals surface area contributed by atoms with Crippen molar-refractivity contribution in [2.75, 3.05) is 32.8 Å². The van der Waals surface area contributed by atoms with Crippen molar-refractivity contribution in [3.05, 3.63) is 66.2 Å². The van der Waals surface area contributed by atoms with Gasteiger partial charge in [0.15, 0.2) is 5.78 Å². The van der Waals surface area contributed by atoms with Gasteiger partial charge < -0.3 is 9.47 Å². The molecule has 1 fully saturated rings. The fourth-order valence-electron chi connectivity index (χ4n) is 3.49. The first-order chi connectivity index (χ1) is 16.9. The van der Waals surface area contributed by atoms with Crippen molar-refractivity contribution >= 4 is 11.4 Å². The van der Waals surface area contributed by atoms with Gasteiger partial charge in [-0.2, -0.15) is 0 Å². The molecule has 0 N–H and O–H groups in total. The lowest BCUT2D eigenvalue weighted by Gasteiger charge is -2.19. The standard InChI is InChI=1S/C16H23NO2.C12H16O.C3H8/c1-14(18)15-6-8-16(9-7-15)19-13-12-17-10-4-2-3-5-11-17;1-4-9-13-12-7-5-11(6-8-12)10(2)3;1-3-2/h6-9H,2-5,10-13H2,1H3;5-8H,2,4,9H2,1,3H3;3H2,1-2H3. The van der Waals surface area contributed by atoms with Crippen LogP contribution in [-0.4, -0.2) is 43.5 Å². The number of allylic oxidation sites excluding steroid dienone is 1. The molecular formula is C31H47NO3. The predicted molar refractivity (Wildman–Crippen MR) is 150 cm³/mol. The summed E-state index contributed by atoms with van der Waals surface area (Å²) in [5.74, 6) is 1.88. The minimum absolute atomic E-state index is 0.0936. The molecule has 2 aromatic rings. The predicted octanol–water partition coefficient (Wildman–Crippen LogP) is 8.07. The summed E-state index contributed by atoms with van der Waals surface area (Å²) in [6.45, 7) is 18.7. The summed E-state index contributed by atoms with van der Waals surface area (Å²) in [5.41, 5.74) is 2.99. The highest BCUT2D eigenvalue weighted by Crippen LogP contribution is 2.17. The van der Waals surface area contributed by atoms with Crippen LogP contribution in [0.3, 0.4) is 0 Å². The zero-order valence-electron chi connectivity index (χ0n) is 22.8. The number of hydrogen-bond acceptors (Lipinski definition) is 4. The SMILES string of the molecule is C=C(C)c1ccc(OCCC)cc1.CC(=O)c1ccc(OCCN2CCCCCC2)cc1.CCC. The molecule has 2 aromatic carbocycles. The zero-order chi connectivity index (χ0) is 25.9. The van der Waals surface area contributed by atoms with E-state index in [0.29, 0.717) is 0 Å². The zero-order valence-corrected chi connectivity index (χ0v) is 22.8. The number of hydrogen-bond donors (Lipinski definition) is 0. The number of nitrogens with zero attached hydrogens (tertiary/aromatic N) is 1. The van der Waals surface area contributed by atoms with Crippen LogP contribution < -0.4 is 9.47 Å². The number of likely N-dealkylation sites (tertiary alicyclic amines) is 1. The van der Waals surface area contributed by atoms with E-state index in [4.69, 9.17) is 9.47 Å². The average Bonchev–Trinajstić information content (AvgIpc) is 3.13. The third-order valence-electron chi connectivity index (χ3n) is 5.46. The summed E-state index contributed by atoms with van der Waals surface area (Å²) in [5, 5.41) is 0. The normalized spacial score (nSPS) is 13.3. The number of Topliss-reactive ketones (excluding diaryl/α,β-unsaturated/α-hetero) is 1. The molecule has 1 aliphatic heterocycles. The van der Waals surface area contributed by atoms with Gasteiger partial charge >= 0.3 is 0 Å². The fourth-order valence-corrected chi connectivity index (χ4v) is 3.49. The Balaban J connectivity index is 0.000000333. The molecule has 1 saturated heterocycles. The van der Waals surface area contributed by atoms with E-state index in [1.165, 1.54) is 50.8 Å². The van der Waals surface area contributed by atoms with Crippen LogP contribution in [-0.2, 0) is 0 Å². The number of carbonyl (C=O) groups is 1. The highest BCUT2D eigenvalue weighted by Gasteiger charge is 2.08. The van der Waals surface area contributed by atoms with Gasteiger partial charge in [0, 0.05) is 12.1 Å². The molecule has 0 aromatic heterocycles. The Hall–Kier alpha value is -2.59. The first-order valence-corrected chi connectivity index (χ1v) is 13.3. The molecule has 3 rings (SSSR count). The van der Waals surface area contributed by atoms with Crippen LogP contribution in [0.5, 0.6) is 11.5 Å². The Morgan fingerprint density at radius 3 is 1.66 bits per heavy atom. The molecule has 194 valence electrons. The van der Waals surface area contributed by atoms with Crippen LogP contribution in [0.15, 0.2) is 55.1 Å². The molecule has 0 aliphatic carbocycles. The minimum atomic E-state index is 0.0936. The molecular weight excluding hydrogens is 434 g/mol. The van der Waals surface area contributed by atoms with Crippen molar-refractivity contribution in [3.63, 3.8) is 0 Å². The Labute approximate surface area is 214 Å². The number of ether oxygens (including phenoxy) is 2. The van der Waals surface area contributed by atoms with Gasteiger partial charge in [0.05, 0.1) is 6.61 Å². The molecule has 0 unspecified atom stereocenters. The van der Waals surface area contributed by atoms with Crippen LogP contribution in [0, 0.1) is 0 Å². The second-order valence-electron chi connectivity index (χ2n) is 9.05. The lowest BCUT2D eigenvalue weighted by atomic mass is 10.1. The summed E-state index contributed by atoms with van der Waals surface area (Å²) < 4.78 is 11.2. The molecule has 1 aliphatic rings. The maximum absolute atomic E-state index is 11.2. The van der Waals surface area contributed by atoms with E-state index in [1.807, 2.05) is 55.5 Å². The van der Waals surface area contributed by atoms with E-state index in [9.17, 15) is 4.79 Å². The summed E-state index contributed by atoms with van der Waals surface area (Å²) in [6.07, 6.45) is 7.65. The van der Waals surface area contributed by atoms with Crippen molar-refractivity contribution in [1.29, 1.82) is 0 Å². The van der Waals surface area contributed by atoms with Crippen molar-refractivity contribution < 1.29 is 14.3 Å².